The SMILES string of the molecule is CN1C(=O)/C(=C(/c2ccc(O)cc2)N(C)C=O)N(C)C1=O. The molecule has 1 aromatic rings. The second kappa shape index (κ2) is 5.28. The number of aromatic hydroxyl groups is 1. The van der Waals surface area contributed by atoms with Crippen LogP contribution in [0.15, 0.2) is 30.0 Å². The third-order valence-corrected chi connectivity index (χ3v) is 3.29. The minimum Gasteiger partial charge on any atom is -0.508 e. The van der Waals surface area contributed by atoms with Crippen LogP contribution in [-0.2, 0) is 9.59 Å². The number of likely N-dealkylation sites (N-methyl/N-ethyl adjacent to an activating group) is 2. The molecule has 0 unspecified atom stereocenters. The van der Waals surface area contributed by atoms with Crippen molar-refractivity contribution in [1.82, 2.24) is 14.7 Å². The molecule has 7 nitrogen and oxygen atoms in total. The number of phenols is 1. The van der Waals surface area contributed by atoms with Gasteiger partial charge in [-0.2, -0.15) is 0 Å². The highest BCUT2D eigenvalue weighted by Gasteiger charge is 2.39. The number of rotatable bonds is 3. The van der Waals surface area contributed by atoms with Crippen LogP contribution < -0.4 is 0 Å². The number of phenolic OH excluding ortho intramolecular Hbond substituents is 1. The van der Waals surface area contributed by atoms with Gasteiger partial charge in [0.1, 0.15) is 11.4 Å². The largest absolute Gasteiger partial charge is 0.508 e. The first kappa shape index (κ1) is 14.6. The van der Waals surface area contributed by atoms with Gasteiger partial charge in [0.2, 0.25) is 6.41 Å². The minimum absolute atomic E-state index is 0.0659. The zero-order valence-corrected chi connectivity index (χ0v) is 11.9. The predicted octanol–water partition coefficient (Wildman–Crippen LogP) is 0.673. The Hall–Kier alpha value is -2.83. The zero-order valence-electron chi connectivity index (χ0n) is 11.9. The number of carbonyl (C=O) groups excluding carboxylic acids is 3. The van der Waals surface area contributed by atoms with E-state index in [1.165, 1.54) is 43.1 Å². The van der Waals surface area contributed by atoms with Crippen molar-refractivity contribution in [2.45, 2.75) is 0 Å². The fraction of sp³-hybridized carbons (Fsp3) is 0.214. The smallest absolute Gasteiger partial charge is 0.331 e. The van der Waals surface area contributed by atoms with Gasteiger partial charge in [0.15, 0.2) is 0 Å². The van der Waals surface area contributed by atoms with Crippen LogP contribution in [-0.4, -0.2) is 59.3 Å². The standard InChI is InChI=1S/C14H15N3O4/c1-15(8-18)11(9-4-6-10(19)7-5-9)12-13(20)17(3)14(21)16(12)2/h4-8,19H,1-3H3/b12-11+. The summed E-state index contributed by atoms with van der Waals surface area (Å²) >= 11 is 0. The van der Waals surface area contributed by atoms with Gasteiger partial charge in [0.05, 0.1) is 5.70 Å². The Kier molecular flexibility index (Phi) is 3.66. The van der Waals surface area contributed by atoms with Crippen LogP contribution in [0.1, 0.15) is 5.56 Å². The minimum atomic E-state index is -0.487. The topological polar surface area (TPSA) is 81.2 Å². The van der Waals surface area contributed by atoms with Gasteiger partial charge in [-0.1, -0.05) is 0 Å². The number of hydrogen-bond acceptors (Lipinski definition) is 4. The zero-order chi connectivity index (χ0) is 15.7. The van der Waals surface area contributed by atoms with Crippen LogP contribution in [0.5, 0.6) is 5.75 Å². The van der Waals surface area contributed by atoms with Gasteiger partial charge in [-0.25, -0.2) is 4.79 Å². The molecule has 0 aromatic heterocycles. The molecule has 2 rings (SSSR count). The van der Waals surface area contributed by atoms with E-state index in [2.05, 4.69) is 0 Å². The lowest BCUT2D eigenvalue weighted by molar-refractivity contribution is -0.122. The van der Waals surface area contributed by atoms with Gasteiger partial charge in [0.25, 0.3) is 5.91 Å². The fourth-order valence-electron chi connectivity index (χ4n) is 2.15. The molecule has 0 radical (unpaired) electrons. The van der Waals surface area contributed by atoms with Crippen molar-refractivity contribution in [1.29, 1.82) is 0 Å². The predicted molar refractivity (Wildman–Crippen MR) is 74.8 cm³/mol. The van der Waals surface area contributed by atoms with Crippen LogP contribution in [0.25, 0.3) is 5.70 Å². The lowest BCUT2D eigenvalue weighted by Gasteiger charge is -2.20. The Balaban J connectivity index is 2.68. The van der Waals surface area contributed by atoms with Crippen LogP contribution >= 0.6 is 0 Å². The summed E-state index contributed by atoms with van der Waals surface area (Å²) in [6, 6.07) is 5.56. The Morgan fingerprint density at radius 2 is 1.71 bits per heavy atom. The van der Waals surface area contributed by atoms with E-state index in [0.717, 1.165) is 4.90 Å². The first-order valence-corrected chi connectivity index (χ1v) is 6.16. The molecule has 1 aromatic carbocycles. The van der Waals surface area contributed by atoms with Gasteiger partial charge >= 0.3 is 6.03 Å². The van der Waals surface area contributed by atoms with E-state index in [1.807, 2.05) is 0 Å². The Bertz CT molecular complexity index is 636. The summed E-state index contributed by atoms with van der Waals surface area (Å²) in [6.45, 7) is 0. The van der Waals surface area contributed by atoms with E-state index in [4.69, 9.17) is 0 Å². The normalized spacial score (nSPS) is 17.3. The second-order valence-electron chi connectivity index (χ2n) is 4.67. The molecular formula is C14H15N3O4. The third-order valence-electron chi connectivity index (χ3n) is 3.29. The van der Waals surface area contributed by atoms with Crippen LogP contribution in [0.2, 0.25) is 0 Å². The summed E-state index contributed by atoms with van der Waals surface area (Å²) < 4.78 is 0. The number of carbonyl (C=O) groups is 3. The number of urea groups is 1. The van der Waals surface area contributed by atoms with E-state index >= 15 is 0 Å². The Morgan fingerprint density at radius 1 is 1.14 bits per heavy atom. The molecule has 0 spiro atoms. The summed E-state index contributed by atoms with van der Waals surface area (Å²) in [5, 5.41) is 9.35. The van der Waals surface area contributed by atoms with Gasteiger partial charge in [0, 0.05) is 26.7 Å². The highest BCUT2D eigenvalue weighted by Crippen LogP contribution is 2.29. The van der Waals surface area contributed by atoms with E-state index in [-0.39, 0.29) is 11.4 Å². The monoisotopic (exact) mass is 289 g/mol. The number of nitrogens with zero attached hydrogens (tertiary/aromatic N) is 3. The number of imide groups is 1. The maximum Gasteiger partial charge on any atom is 0.331 e. The molecule has 7 heteroatoms. The number of hydrogen-bond donors (Lipinski definition) is 1. The summed E-state index contributed by atoms with van der Waals surface area (Å²) in [5.41, 5.74) is 0.957. The summed E-state index contributed by atoms with van der Waals surface area (Å²) in [5.74, 6) is -0.421. The molecule has 1 heterocycles. The summed E-state index contributed by atoms with van der Waals surface area (Å²) in [4.78, 5) is 38.7. The Morgan fingerprint density at radius 3 is 2.14 bits per heavy atom. The highest BCUT2D eigenvalue weighted by atomic mass is 16.3. The summed E-state index contributed by atoms with van der Waals surface area (Å²) in [7, 11) is 4.34. The van der Waals surface area contributed by atoms with Crippen molar-refractivity contribution in [3.05, 3.63) is 35.5 Å². The average molecular weight is 289 g/mol. The molecule has 1 saturated heterocycles. The Labute approximate surface area is 121 Å². The van der Waals surface area contributed by atoms with Gasteiger partial charge in [-0.05, 0) is 24.3 Å². The van der Waals surface area contributed by atoms with E-state index < -0.39 is 11.9 Å². The van der Waals surface area contributed by atoms with Crippen molar-refractivity contribution in [2.24, 2.45) is 0 Å². The fourth-order valence-corrected chi connectivity index (χ4v) is 2.15. The molecule has 1 aliphatic heterocycles. The molecule has 21 heavy (non-hydrogen) atoms. The van der Waals surface area contributed by atoms with Crippen molar-refractivity contribution < 1.29 is 19.5 Å². The lowest BCUT2D eigenvalue weighted by atomic mass is 10.1. The molecule has 1 N–H and O–H groups in total. The molecule has 1 aliphatic rings. The molecule has 110 valence electrons. The molecule has 0 atom stereocenters. The average Bonchev–Trinajstić information content (AvgIpc) is 2.66. The van der Waals surface area contributed by atoms with Gasteiger partial charge in [-0.15, -0.1) is 0 Å². The molecule has 0 saturated carbocycles. The van der Waals surface area contributed by atoms with Crippen molar-refractivity contribution in [3.8, 4) is 5.75 Å². The first-order valence-electron chi connectivity index (χ1n) is 6.16. The van der Waals surface area contributed by atoms with Gasteiger partial charge in [-0.3, -0.25) is 19.4 Å². The maximum absolute atomic E-state index is 12.2. The molecule has 1 fully saturated rings. The van der Waals surface area contributed by atoms with Crippen LogP contribution in [0.4, 0.5) is 4.79 Å². The van der Waals surface area contributed by atoms with E-state index in [1.54, 1.807) is 12.1 Å². The molecule has 0 bridgehead atoms. The molecule has 4 amide bonds. The van der Waals surface area contributed by atoms with Crippen LogP contribution in [0, 0.1) is 0 Å². The van der Waals surface area contributed by atoms with E-state index in [9.17, 15) is 19.5 Å². The van der Waals surface area contributed by atoms with Gasteiger partial charge < -0.3 is 10.0 Å². The second-order valence-corrected chi connectivity index (χ2v) is 4.67. The number of amides is 4. The molecule has 0 aliphatic carbocycles. The summed E-state index contributed by atoms with van der Waals surface area (Å²) in [6.07, 6.45) is 0.555. The third kappa shape index (κ3) is 2.33. The molecular weight excluding hydrogens is 274 g/mol. The van der Waals surface area contributed by atoms with E-state index in [0.29, 0.717) is 17.7 Å². The maximum atomic E-state index is 12.2. The van der Waals surface area contributed by atoms with Crippen molar-refractivity contribution >= 4 is 24.0 Å². The van der Waals surface area contributed by atoms with Crippen molar-refractivity contribution in [2.75, 3.05) is 21.1 Å². The van der Waals surface area contributed by atoms with Crippen molar-refractivity contribution in [3.63, 3.8) is 0 Å². The first-order chi connectivity index (χ1) is 9.88. The van der Waals surface area contributed by atoms with Crippen LogP contribution in [0.3, 0.4) is 0 Å². The quantitative estimate of drug-likeness (QED) is 0.504. The number of benzene rings is 1. The highest BCUT2D eigenvalue weighted by molar-refractivity contribution is 6.15. The lowest BCUT2D eigenvalue weighted by Crippen LogP contribution is -2.27.